The third-order valence-corrected chi connectivity index (χ3v) is 5.58. The van der Waals surface area contributed by atoms with Crippen LogP contribution in [0.4, 0.5) is 5.69 Å². The molecule has 4 rings (SSSR count). The zero-order chi connectivity index (χ0) is 20.2. The van der Waals surface area contributed by atoms with Crippen molar-refractivity contribution >= 4 is 28.4 Å². The highest BCUT2D eigenvalue weighted by Crippen LogP contribution is 2.27. The molecule has 5 nitrogen and oxygen atoms in total. The largest absolute Gasteiger partial charge is 0.355 e. The van der Waals surface area contributed by atoms with E-state index in [0.29, 0.717) is 13.0 Å². The molecular formula is C24H27N3O2. The number of piperidine rings is 1. The van der Waals surface area contributed by atoms with Crippen LogP contribution in [-0.2, 0) is 9.59 Å². The highest BCUT2D eigenvalue weighted by molar-refractivity contribution is 5.94. The molecule has 0 saturated carbocycles. The number of anilines is 1. The van der Waals surface area contributed by atoms with E-state index in [1.807, 2.05) is 48.2 Å². The van der Waals surface area contributed by atoms with E-state index in [0.717, 1.165) is 53.7 Å². The van der Waals surface area contributed by atoms with Crippen molar-refractivity contribution in [1.82, 2.24) is 9.88 Å². The van der Waals surface area contributed by atoms with Crippen LogP contribution in [0.25, 0.3) is 22.2 Å². The molecule has 0 unspecified atom stereocenters. The first-order valence-corrected chi connectivity index (χ1v) is 10.4. The normalized spacial score (nSPS) is 16.7. The van der Waals surface area contributed by atoms with Gasteiger partial charge < -0.3 is 15.2 Å². The molecule has 1 aromatic heterocycles. The van der Waals surface area contributed by atoms with Gasteiger partial charge in [0.25, 0.3) is 0 Å². The first-order valence-electron chi connectivity index (χ1n) is 10.4. The fourth-order valence-corrected chi connectivity index (χ4v) is 4.03. The number of hydrogen-bond donors (Lipinski definition) is 2. The van der Waals surface area contributed by atoms with Gasteiger partial charge >= 0.3 is 0 Å². The number of benzene rings is 2. The average molecular weight is 389 g/mol. The molecule has 3 aromatic rings. The number of rotatable bonds is 5. The summed E-state index contributed by atoms with van der Waals surface area (Å²) in [5.41, 5.74) is 3.93. The molecular weight excluding hydrogens is 362 g/mol. The van der Waals surface area contributed by atoms with Crippen LogP contribution < -0.4 is 5.32 Å². The molecule has 1 atom stereocenters. The van der Waals surface area contributed by atoms with Gasteiger partial charge in [-0.25, -0.2) is 0 Å². The summed E-state index contributed by atoms with van der Waals surface area (Å²) >= 11 is 0. The number of carbonyl (C=O) groups excluding carboxylic acids is 2. The van der Waals surface area contributed by atoms with E-state index in [1.165, 1.54) is 0 Å². The molecule has 5 heteroatoms. The molecule has 0 bridgehead atoms. The number of aromatic nitrogens is 1. The van der Waals surface area contributed by atoms with Crippen molar-refractivity contribution in [2.24, 2.45) is 5.92 Å². The molecule has 0 spiro atoms. The van der Waals surface area contributed by atoms with Gasteiger partial charge in [-0.3, -0.25) is 9.59 Å². The van der Waals surface area contributed by atoms with Crippen molar-refractivity contribution < 1.29 is 9.59 Å². The first kappa shape index (κ1) is 19.2. The van der Waals surface area contributed by atoms with Crippen molar-refractivity contribution in [3.05, 3.63) is 54.6 Å². The van der Waals surface area contributed by atoms with Crippen molar-refractivity contribution in [1.29, 1.82) is 0 Å². The number of aromatic amines is 1. The Morgan fingerprint density at radius 2 is 2.00 bits per heavy atom. The summed E-state index contributed by atoms with van der Waals surface area (Å²) in [4.78, 5) is 30.3. The predicted molar refractivity (Wildman–Crippen MR) is 117 cm³/mol. The number of H-pyrrole nitrogens is 1. The van der Waals surface area contributed by atoms with E-state index in [-0.39, 0.29) is 17.7 Å². The number of nitrogens with one attached hydrogen (secondary N) is 2. The Hall–Kier alpha value is -3.08. The first-order chi connectivity index (χ1) is 14.1. The van der Waals surface area contributed by atoms with Crippen molar-refractivity contribution in [3.63, 3.8) is 0 Å². The lowest BCUT2D eigenvalue weighted by atomic mass is 9.96. The summed E-state index contributed by atoms with van der Waals surface area (Å²) in [6, 6.07) is 18.2. The Morgan fingerprint density at radius 3 is 2.83 bits per heavy atom. The zero-order valence-corrected chi connectivity index (χ0v) is 16.8. The maximum Gasteiger partial charge on any atom is 0.229 e. The van der Waals surface area contributed by atoms with E-state index in [1.54, 1.807) is 0 Å². The van der Waals surface area contributed by atoms with Gasteiger partial charge in [0.2, 0.25) is 11.8 Å². The van der Waals surface area contributed by atoms with Crippen LogP contribution in [-0.4, -0.2) is 34.8 Å². The monoisotopic (exact) mass is 389 g/mol. The van der Waals surface area contributed by atoms with Gasteiger partial charge in [-0.1, -0.05) is 37.3 Å². The number of carbonyl (C=O) groups is 2. The second-order valence-electron chi connectivity index (χ2n) is 7.77. The van der Waals surface area contributed by atoms with Gasteiger partial charge in [-0.15, -0.1) is 0 Å². The summed E-state index contributed by atoms with van der Waals surface area (Å²) in [5.74, 6) is -0.000100. The summed E-state index contributed by atoms with van der Waals surface area (Å²) in [6.07, 6.45) is 3.10. The van der Waals surface area contributed by atoms with Crippen LogP contribution in [0, 0.1) is 5.92 Å². The molecule has 0 radical (unpaired) electrons. The van der Waals surface area contributed by atoms with Gasteiger partial charge in [0.05, 0.1) is 5.92 Å². The summed E-state index contributed by atoms with van der Waals surface area (Å²) in [7, 11) is 0. The maximum absolute atomic E-state index is 12.8. The quantitative estimate of drug-likeness (QED) is 0.657. The molecule has 1 aliphatic rings. The van der Waals surface area contributed by atoms with Crippen LogP contribution >= 0.6 is 0 Å². The lowest BCUT2D eigenvalue weighted by molar-refractivity contribution is -0.134. The van der Waals surface area contributed by atoms with Crippen LogP contribution in [0.15, 0.2) is 54.6 Å². The van der Waals surface area contributed by atoms with Crippen molar-refractivity contribution in [2.75, 3.05) is 18.4 Å². The Morgan fingerprint density at radius 1 is 1.14 bits per heavy atom. The molecule has 1 aliphatic heterocycles. The van der Waals surface area contributed by atoms with E-state index < -0.39 is 0 Å². The molecule has 2 aromatic carbocycles. The smallest absolute Gasteiger partial charge is 0.229 e. The molecule has 0 aliphatic carbocycles. The van der Waals surface area contributed by atoms with Gasteiger partial charge in [-0.2, -0.15) is 0 Å². The van der Waals surface area contributed by atoms with E-state index >= 15 is 0 Å². The summed E-state index contributed by atoms with van der Waals surface area (Å²) in [6.45, 7) is 3.29. The van der Waals surface area contributed by atoms with Crippen LogP contribution in [0.3, 0.4) is 0 Å². The number of fused-ring (bicyclic) bond motifs is 1. The zero-order valence-electron chi connectivity index (χ0n) is 16.8. The fourth-order valence-electron chi connectivity index (χ4n) is 4.03. The van der Waals surface area contributed by atoms with E-state index in [9.17, 15) is 9.59 Å². The van der Waals surface area contributed by atoms with Gasteiger partial charge in [0, 0.05) is 47.4 Å². The standard InChI is InChI=1S/C24H27N3O2/c1-2-7-23(28)27-13-6-10-19(16-27)24(29)25-20-11-5-9-17(14-20)22-15-18-8-3-4-12-21(18)26-22/h3-5,8-9,11-12,14-15,19,26H,2,6-7,10,13,16H2,1H3,(H,25,29)/t19-/m1/s1. The second-order valence-corrected chi connectivity index (χ2v) is 7.77. The minimum Gasteiger partial charge on any atom is -0.355 e. The molecule has 2 heterocycles. The molecule has 150 valence electrons. The van der Waals surface area contributed by atoms with Gasteiger partial charge in [-0.05, 0) is 43.5 Å². The molecule has 2 amide bonds. The highest BCUT2D eigenvalue weighted by atomic mass is 16.2. The highest BCUT2D eigenvalue weighted by Gasteiger charge is 2.28. The minimum absolute atomic E-state index is 0.00667. The van der Waals surface area contributed by atoms with Crippen LogP contribution in [0.5, 0.6) is 0 Å². The van der Waals surface area contributed by atoms with Gasteiger partial charge in [0.15, 0.2) is 0 Å². The van der Waals surface area contributed by atoms with E-state index in [4.69, 9.17) is 0 Å². The third kappa shape index (κ3) is 4.34. The third-order valence-electron chi connectivity index (χ3n) is 5.58. The van der Waals surface area contributed by atoms with Crippen LogP contribution in [0.2, 0.25) is 0 Å². The average Bonchev–Trinajstić information content (AvgIpc) is 3.19. The summed E-state index contributed by atoms with van der Waals surface area (Å²) < 4.78 is 0. The molecule has 1 fully saturated rings. The van der Waals surface area contributed by atoms with Crippen LogP contribution in [0.1, 0.15) is 32.6 Å². The number of hydrogen-bond acceptors (Lipinski definition) is 2. The predicted octanol–water partition coefficient (Wildman–Crippen LogP) is 4.81. The minimum atomic E-state index is -0.152. The fraction of sp³-hybridized carbons (Fsp3) is 0.333. The van der Waals surface area contributed by atoms with Gasteiger partial charge in [0.1, 0.15) is 0 Å². The van der Waals surface area contributed by atoms with Crippen molar-refractivity contribution in [3.8, 4) is 11.3 Å². The lowest BCUT2D eigenvalue weighted by Crippen LogP contribution is -2.43. The molecule has 1 saturated heterocycles. The Kier molecular flexibility index (Phi) is 5.65. The molecule has 2 N–H and O–H groups in total. The number of amides is 2. The Bertz CT molecular complexity index is 991. The summed E-state index contributed by atoms with van der Waals surface area (Å²) in [5, 5.41) is 4.22. The second kappa shape index (κ2) is 8.52. The van der Waals surface area contributed by atoms with Crippen molar-refractivity contribution in [2.45, 2.75) is 32.6 Å². The number of nitrogens with zero attached hydrogens (tertiary/aromatic N) is 1. The maximum atomic E-state index is 12.8. The van der Waals surface area contributed by atoms with E-state index in [2.05, 4.69) is 28.5 Å². The Labute approximate surface area is 171 Å². The number of likely N-dealkylation sites (tertiary alicyclic amines) is 1. The Balaban J connectivity index is 1.46. The topological polar surface area (TPSA) is 65.2 Å². The number of para-hydroxylation sites is 1. The molecule has 29 heavy (non-hydrogen) atoms. The SMILES string of the molecule is CCCC(=O)N1CCC[C@@H](C(=O)Nc2cccc(-c3cc4ccccc4[nH]3)c2)C1. The lowest BCUT2D eigenvalue weighted by Gasteiger charge is -2.32.